The van der Waals surface area contributed by atoms with Crippen LogP contribution in [0.4, 0.5) is 0 Å². The van der Waals surface area contributed by atoms with E-state index in [0.717, 1.165) is 38.6 Å². The van der Waals surface area contributed by atoms with E-state index in [4.69, 9.17) is 9.97 Å². The Morgan fingerprint density at radius 2 is 1.38 bits per heavy atom. The van der Waals surface area contributed by atoms with Crippen LogP contribution < -0.4 is 0 Å². The standard InChI is InChI=1S/C41H29N3S/c1-41(2)31-18-10-8-16-27(31)34-29-22-23-33-35(38(29)45-39(34)41)28-17-9-11-19-32(28)44(33)40-42-36(25-13-4-3-5-14-25)30-21-20-24-12-6-7-15-26(24)37(30)43-40/h3-23,34,39H,1-2H3. The van der Waals surface area contributed by atoms with E-state index in [9.17, 15) is 0 Å². The summed E-state index contributed by atoms with van der Waals surface area (Å²) in [6.07, 6.45) is 0. The summed E-state index contributed by atoms with van der Waals surface area (Å²) >= 11 is 2.07. The summed E-state index contributed by atoms with van der Waals surface area (Å²) < 4.78 is 2.30. The van der Waals surface area contributed by atoms with E-state index in [2.05, 4.69) is 158 Å². The molecule has 1 aliphatic heterocycles. The van der Waals surface area contributed by atoms with Crippen molar-refractivity contribution < 1.29 is 0 Å². The molecular weight excluding hydrogens is 567 g/mol. The summed E-state index contributed by atoms with van der Waals surface area (Å²) in [5.74, 6) is 1.11. The van der Waals surface area contributed by atoms with Crippen molar-refractivity contribution in [2.75, 3.05) is 0 Å². The first-order valence-electron chi connectivity index (χ1n) is 15.7. The highest BCUT2D eigenvalue weighted by Crippen LogP contribution is 2.63. The number of aromatic nitrogens is 3. The van der Waals surface area contributed by atoms with Crippen molar-refractivity contribution in [3.8, 4) is 17.2 Å². The topological polar surface area (TPSA) is 30.7 Å². The third-order valence-corrected chi connectivity index (χ3v) is 12.0. The van der Waals surface area contributed by atoms with E-state index < -0.39 is 0 Å². The third kappa shape index (κ3) is 3.38. The fourth-order valence-corrected chi connectivity index (χ4v) is 9.93. The van der Waals surface area contributed by atoms with Gasteiger partial charge in [0.2, 0.25) is 5.95 Å². The Morgan fingerprint density at radius 1 is 0.622 bits per heavy atom. The van der Waals surface area contributed by atoms with Gasteiger partial charge in [-0.3, -0.25) is 4.57 Å². The number of nitrogens with zero attached hydrogens (tertiary/aromatic N) is 3. The zero-order valence-electron chi connectivity index (χ0n) is 25.0. The highest BCUT2D eigenvalue weighted by molar-refractivity contribution is 8.00. The second kappa shape index (κ2) is 9.06. The molecule has 3 heterocycles. The summed E-state index contributed by atoms with van der Waals surface area (Å²) in [4.78, 5) is 12.2. The first-order chi connectivity index (χ1) is 22.1. The molecule has 0 saturated carbocycles. The first kappa shape index (κ1) is 25.4. The van der Waals surface area contributed by atoms with Crippen LogP contribution in [-0.4, -0.2) is 19.8 Å². The van der Waals surface area contributed by atoms with E-state index in [1.807, 2.05) is 0 Å². The van der Waals surface area contributed by atoms with Crippen LogP contribution >= 0.6 is 11.8 Å². The molecule has 2 unspecified atom stereocenters. The van der Waals surface area contributed by atoms with Gasteiger partial charge < -0.3 is 0 Å². The molecule has 0 bridgehead atoms. The zero-order valence-corrected chi connectivity index (χ0v) is 25.8. The number of hydrogen-bond donors (Lipinski definition) is 0. The maximum Gasteiger partial charge on any atom is 0.235 e. The fraction of sp³-hybridized carbons (Fsp3) is 0.122. The summed E-state index contributed by atoms with van der Waals surface area (Å²) in [7, 11) is 0. The van der Waals surface area contributed by atoms with Gasteiger partial charge in [-0.1, -0.05) is 123 Å². The van der Waals surface area contributed by atoms with Crippen LogP contribution in [-0.2, 0) is 5.41 Å². The molecular formula is C41H29N3S. The lowest BCUT2D eigenvalue weighted by Gasteiger charge is -2.26. The molecule has 45 heavy (non-hydrogen) atoms. The SMILES string of the molecule is CC1(C)c2ccccc2C2c3ccc4c(c3SC21)c1ccccc1n4-c1nc(-c2ccccc2)c2ccc3ccccc3c2n1. The quantitative estimate of drug-likeness (QED) is 0.186. The Morgan fingerprint density at radius 3 is 2.27 bits per heavy atom. The fourth-order valence-electron chi connectivity index (χ4n) is 8.16. The van der Waals surface area contributed by atoms with Crippen molar-refractivity contribution in [3.63, 3.8) is 0 Å². The van der Waals surface area contributed by atoms with E-state index >= 15 is 0 Å². The van der Waals surface area contributed by atoms with E-state index in [-0.39, 0.29) is 5.41 Å². The van der Waals surface area contributed by atoms with Crippen molar-refractivity contribution >= 4 is 55.2 Å². The Labute approximate surface area is 265 Å². The maximum atomic E-state index is 5.38. The molecule has 0 fully saturated rings. The molecule has 2 aliphatic rings. The number of thioether (sulfide) groups is 1. The lowest BCUT2D eigenvalue weighted by molar-refractivity contribution is 0.521. The van der Waals surface area contributed by atoms with Crippen LogP contribution in [0, 0.1) is 0 Å². The molecule has 10 rings (SSSR count). The van der Waals surface area contributed by atoms with Crippen LogP contribution in [0.1, 0.15) is 36.5 Å². The summed E-state index contributed by atoms with van der Waals surface area (Å²) in [6, 6.07) is 46.0. The average Bonchev–Trinajstić information content (AvgIpc) is 3.71. The molecule has 214 valence electrons. The molecule has 8 aromatic rings. The second-order valence-corrected chi connectivity index (χ2v) is 14.1. The minimum Gasteiger partial charge on any atom is -0.278 e. The molecule has 2 atom stereocenters. The largest absolute Gasteiger partial charge is 0.278 e. The molecule has 2 aromatic heterocycles. The average molecular weight is 596 g/mol. The lowest BCUT2D eigenvalue weighted by Crippen LogP contribution is -2.26. The summed E-state index contributed by atoms with van der Waals surface area (Å²) in [6.45, 7) is 4.85. The Balaban J connectivity index is 1.29. The number of fused-ring (bicyclic) bond motifs is 12. The Kier molecular flexibility index (Phi) is 5.11. The molecule has 0 N–H and O–H groups in total. The lowest BCUT2D eigenvalue weighted by atomic mass is 9.84. The van der Waals surface area contributed by atoms with Crippen molar-refractivity contribution in [2.24, 2.45) is 0 Å². The highest BCUT2D eigenvalue weighted by atomic mass is 32.2. The van der Waals surface area contributed by atoms with Gasteiger partial charge in [-0.25, -0.2) is 9.97 Å². The van der Waals surface area contributed by atoms with E-state index in [1.165, 1.54) is 37.7 Å². The maximum absolute atomic E-state index is 5.38. The van der Waals surface area contributed by atoms with Gasteiger partial charge in [0.15, 0.2) is 0 Å². The number of para-hydroxylation sites is 1. The molecule has 6 aromatic carbocycles. The van der Waals surface area contributed by atoms with Crippen LogP contribution in [0.5, 0.6) is 0 Å². The molecule has 0 spiro atoms. The second-order valence-electron chi connectivity index (χ2n) is 13.0. The predicted octanol–water partition coefficient (Wildman–Crippen LogP) is 10.4. The van der Waals surface area contributed by atoms with Gasteiger partial charge in [0.25, 0.3) is 0 Å². The van der Waals surface area contributed by atoms with Crippen molar-refractivity contribution in [2.45, 2.75) is 35.3 Å². The predicted molar refractivity (Wildman–Crippen MR) is 188 cm³/mol. The molecule has 3 nitrogen and oxygen atoms in total. The normalized spacial score (nSPS) is 18.1. The highest BCUT2D eigenvalue weighted by Gasteiger charge is 2.51. The number of benzene rings is 6. The van der Waals surface area contributed by atoms with Crippen molar-refractivity contribution in [1.82, 2.24) is 14.5 Å². The van der Waals surface area contributed by atoms with Gasteiger partial charge in [0, 0.05) is 48.6 Å². The molecule has 0 amide bonds. The molecule has 0 saturated heterocycles. The van der Waals surface area contributed by atoms with Gasteiger partial charge >= 0.3 is 0 Å². The number of hydrogen-bond acceptors (Lipinski definition) is 3. The smallest absolute Gasteiger partial charge is 0.235 e. The zero-order chi connectivity index (χ0) is 29.9. The van der Waals surface area contributed by atoms with Crippen LogP contribution in [0.25, 0.3) is 60.7 Å². The summed E-state index contributed by atoms with van der Waals surface area (Å²) in [5.41, 5.74) is 9.83. The molecule has 0 radical (unpaired) electrons. The first-order valence-corrected chi connectivity index (χ1v) is 16.5. The minimum absolute atomic E-state index is 0.0860. The van der Waals surface area contributed by atoms with Crippen LogP contribution in [0.3, 0.4) is 0 Å². The molecule has 4 heteroatoms. The van der Waals surface area contributed by atoms with Gasteiger partial charge in [0.05, 0.1) is 22.2 Å². The molecule has 1 aliphatic carbocycles. The van der Waals surface area contributed by atoms with E-state index in [1.54, 1.807) is 0 Å². The monoisotopic (exact) mass is 595 g/mol. The van der Waals surface area contributed by atoms with Crippen molar-refractivity contribution in [1.29, 1.82) is 0 Å². The van der Waals surface area contributed by atoms with Gasteiger partial charge in [-0.15, -0.1) is 11.8 Å². The Bertz CT molecular complexity index is 2510. The van der Waals surface area contributed by atoms with E-state index in [0.29, 0.717) is 17.1 Å². The van der Waals surface area contributed by atoms with Crippen LogP contribution in [0.2, 0.25) is 0 Å². The van der Waals surface area contributed by atoms with Crippen molar-refractivity contribution in [3.05, 3.63) is 144 Å². The summed E-state index contributed by atoms with van der Waals surface area (Å²) in [5, 5.41) is 6.42. The van der Waals surface area contributed by atoms with Gasteiger partial charge in [0.1, 0.15) is 0 Å². The van der Waals surface area contributed by atoms with Crippen LogP contribution in [0.15, 0.2) is 132 Å². The Hall–Kier alpha value is -4.93. The minimum atomic E-state index is 0.0860. The van der Waals surface area contributed by atoms with Gasteiger partial charge in [-0.2, -0.15) is 0 Å². The van der Waals surface area contributed by atoms with Gasteiger partial charge in [-0.05, 0) is 40.3 Å². The third-order valence-electron chi connectivity index (χ3n) is 10.2. The number of rotatable bonds is 2.